The Bertz CT molecular complexity index is 464. The summed E-state index contributed by atoms with van der Waals surface area (Å²) in [4.78, 5) is 16.8. The van der Waals surface area contributed by atoms with Gasteiger partial charge in [0.25, 0.3) is 5.91 Å². The van der Waals surface area contributed by atoms with Crippen LogP contribution in [0.15, 0.2) is 24.5 Å². The number of β-amino-alcohol motifs (C(OH)–C–C–N with tert-alkyl or cyclic N) is 1. The first-order chi connectivity index (χ1) is 8.83. The average molecular weight is 274 g/mol. The molecule has 1 aromatic heterocycles. The Morgan fingerprint density at radius 2 is 2.21 bits per heavy atom. The van der Waals surface area contributed by atoms with Crippen LogP contribution in [0.25, 0.3) is 0 Å². The standard InChI is InChI=1S/C12H13F3N2O2/c13-12(14,15)11(19)4-2-6-17(8-11)10(18)9-3-1-5-16-7-9/h1,3,5,7,19H,2,4,6,8H2/t11-/m0/s1. The summed E-state index contributed by atoms with van der Waals surface area (Å²) in [5.74, 6) is -0.546. The minimum atomic E-state index is -4.74. The molecule has 1 N–H and O–H groups in total. The van der Waals surface area contributed by atoms with E-state index in [-0.39, 0.29) is 24.9 Å². The van der Waals surface area contributed by atoms with E-state index in [1.807, 2.05) is 0 Å². The summed E-state index contributed by atoms with van der Waals surface area (Å²) < 4.78 is 38.3. The van der Waals surface area contributed by atoms with E-state index < -0.39 is 24.2 Å². The van der Waals surface area contributed by atoms with Gasteiger partial charge in [-0.3, -0.25) is 9.78 Å². The van der Waals surface area contributed by atoms with Crippen LogP contribution in [0.4, 0.5) is 13.2 Å². The minimum absolute atomic E-state index is 0.113. The van der Waals surface area contributed by atoms with Gasteiger partial charge in [0, 0.05) is 18.9 Å². The highest BCUT2D eigenvalue weighted by Crippen LogP contribution is 2.37. The van der Waals surface area contributed by atoms with Crippen molar-refractivity contribution in [1.82, 2.24) is 9.88 Å². The summed E-state index contributed by atoms with van der Waals surface area (Å²) in [6.45, 7) is -0.531. The molecule has 19 heavy (non-hydrogen) atoms. The van der Waals surface area contributed by atoms with E-state index in [2.05, 4.69) is 4.98 Å². The number of likely N-dealkylation sites (tertiary alicyclic amines) is 1. The van der Waals surface area contributed by atoms with Crippen molar-refractivity contribution in [2.75, 3.05) is 13.1 Å². The van der Waals surface area contributed by atoms with Crippen LogP contribution in [0.3, 0.4) is 0 Å². The maximum Gasteiger partial charge on any atom is 0.418 e. The Hall–Kier alpha value is -1.63. The van der Waals surface area contributed by atoms with Gasteiger partial charge >= 0.3 is 6.18 Å². The van der Waals surface area contributed by atoms with Gasteiger partial charge in [-0.25, -0.2) is 0 Å². The number of aliphatic hydroxyl groups is 1. The fourth-order valence-electron chi connectivity index (χ4n) is 2.11. The molecule has 0 unspecified atom stereocenters. The van der Waals surface area contributed by atoms with Gasteiger partial charge in [0.1, 0.15) is 0 Å². The van der Waals surface area contributed by atoms with Crippen molar-refractivity contribution in [3.63, 3.8) is 0 Å². The Morgan fingerprint density at radius 3 is 2.79 bits per heavy atom. The Kier molecular flexibility index (Phi) is 3.49. The molecule has 1 saturated heterocycles. The van der Waals surface area contributed by atoms with Crippen molar-refractivity contribution < 1.29 is 23.1 Å². The molecular formula is C12H13F3N2O2. The molecule has 0 spiro atoms. The summed E-state index contributed by atoms with van der Waals surface area (Å²) in [7, 11) is 0. The van der Waals surface area contributed by atoms with Crippen LogP contribution < -0.4 is 0 Å². The number of piperidine rings is 1. The third kappa shape index (κ3) is 2.70. The SMILES string of the molecule is O=C(c1cccnc1)N1CCC[C@@](O)(C(F)(F)F)C1. The second-order valence-electron chi connectivity index (χ2n) is 4.60. The number of nitrogens with zero attached hydrogens (tertiary/aromatic N) is 2. The quantitative estimate of drug-likeness (QED) is 0.846. The first kappa shape index (κ1) is 13.8. The van der Waals surface area contributed by atoms with Gasteiger partial charge in [0.15, 0.2) is 5.60 Å². The Balaban J connectivity index is 2.16. The lowest BCUT2D eigenvalue weighted by atomic mass is 9.92. The van der Waals surface area contributed by atoms with Crippen molar-refractivity contribution in [2.24, 2.45) is 0 Å². The third-order valence-corrected chi connectivity index (χ3v) is 3.19. The van der Waals surface area contributed by atoms with Crippen LogP contribution in [-0.4, -0.2) is 45.8 Å². The summed E-state index contributed by atoms with van der Waals surface area (Å²) in [6, 6.07) is 3.02. The molecule has 0 bridgehead atoms. The zero-order chi connectivity index (χ0) is 14.1. The molecular weight excluding hydrogens is 261 g/mol. The second-order valence-corrected chi connectivity index (χ2v) is 4.60. The molecule has 4 nitrogen and oxygen atoms in total. The first-order valence-corrected chi connectivity index (χ1v) is 5.82. The van der Waals surface area contributed by atoms with Crippen LogP contribution in [0.1, 0.15) is 23.2 Å². The molecule has 1 aromatic rings. The number of pyridine rings is 1. The molecule has 1 atom stereocenters. The zero-order valence-corrected chi connectivity index (χ0v) is 10.0. The zero-order valence-electron chi connectivity index (χ0n) is 10.0. The van der Waals surface area contributed by atoms with Crippen LogP contribution in [0.5, 0.6) is 0 Å². The Morgan fingerprint density at radius 1 is 1.47 bits per heavy atom. The van der Waals surface area contributed by atoms with Crippen LogP contribution >= 0.6 is 0 Å². The molecule has 1 aliphatic heterocycles. The molecule has 0 radical (unpaired) electrons. The third-order valence-electron chi connectivity index (χ3n) is 3.19. The molecule has 7 heteroatoms. The highest BCUT2D eigenvalue weighted by Gasteiger charge is 2.55. The van der Waals surface area contributed by atoms with E-state index in [9.17, 15) is 23.1 Å². The lowest BCUT2D eigenvalue weighted by molar-refractivity contribution is -0.271. The number of halogens is 3. The van der Waals surface area contributed by atoms with Crippen molar-refractivity contribution in [1.29, 1.82) is 0 Å². The average Bonchev–Trinajstić information content (AvgIpc) is 2.38. The van der Waals surface area contributed by atoms with E-state index in [4.69, 9.17) is 0 Å². The van der Waals surface area contributed by atoms with Gasteiger partial charge in [-0.1, -0.05) is 0 Å². The molecule has 1 fully saturated rings. The second kappa shape index (κ2) is 4.80. The summed E-state index contributed by atoms with van der Waals surface area (Å²) in [5.41, 5.74) is -2.60. The number of amides is 1. The van der Waals surface area contributed by atoms with Gasteiger partial charge < -0.3 is 10.0 Å². The van der Waals surface area contributed by atoms with Crippen LogP contribution in [0.2, 0.25) is 0 Å². The molecule has 2 heterocycles. The van der Waals surface area contributed by atoms with E-state index in [0.717, 1.165) is 4.90 Å². The van der Waals surface area contributed by atoms with Crippen molar-refractivity contribution in [3.8, 4) is 0 Å². The summed E-state index contributed by atoms with van der Waals surface area (Å²) in [6.07, 6.45) is -2.24. The fraction of sp³-hybridized carbons (Fsp3) is 0.500. The van der Waals surface area contributed by atoms with E-state index >= 15 is 0 Å². The Labute approximate surface area is 107 Å². The monoisotopic (exact) mass is 274 g/mol. The number of rotatable bonds is 1. The predicted molar refractivity (Wildman–Crippen MR) is 60.4 cm³/mol. The predicted octanol–water partition coefficient (Wildman–Crippen LogP) is 1.61. The van der Waals surface area contributed by atoms with Crippen molar-refractivity contribution in [3.05, 3.63) is 30.1 Å². The topological polar surface area (TPSA) is 53.4 Å². The van der Waals surface area contributed by atoms with Gasteiger partial charge in [-0.15, -0.1) is 0 Å². The van der Waals surface area contributed by atoms with E-state index in [1.165, 1.54) is 24.5 Å². The number of carbonyl (C=O) groups excluding carboxylic acids is 1. The lowest BCUT2D eigenvalue weighted by Crippen LogP contribution is -2.58. The number of hydrogen-bond acceptors (Lipinski definition) is 3. The van der Waals surface area contributed by atoms with E-state index in [1.54, 1.807) is 0 Å². The van der Waals surface area contributed by atoms with Crippen LogP contribution in [-0.2, 0) is 0 Å². The minimum Gasteiger partial charge on any atom is -0.379 e. The normalized spacial score (nSPS) is 24.3. The maximum atomic E-state index is 12.8. The largest absolute Gasteiger partial charge is 0.418 e. The maximum absolute atomic E-state index is 12.8. The van der Waals surface area contributed by atoms with Crippen molar-refractivity contribution in [2.45, 2.75) is 24.6 Å². The number of aromatic nitrogens is 1. The van der Waals surface area contributed by atoms with Crippen LogP contribution in [0, 0.1) is 0 Å². The highest BCUT2D eigenvalue weighted by molar-refractivity contribution is 5.94. The summed E-state index contributed by atoms with van der Waals surface area (Å²) >= 11 is 0. The van der Waals surface area contributed by atoms with Gasteiger partial charge in [-0.05, 0) is 25.0 Å². The van der Waals surface area contributed by atoms with Gasteiger partial charge in [0.2, 0.25) is 0 Å². The molecule has 1 amide bonds. The number of alkyl halides is 3. The number of carbonyl (C=O) groups is 1. The summed E-state index contributed by atoms with van der Waals surface area (Å²) in [5, 5.41) is 9.64. The fourth-order valence-corrected chi connectivity index (χ4v) is 2.11. The van der Waals surface area contributed by atoms with Gasteiger partial charge in [-0.2, -0.15) is 13.2 Å². The molecule has 2 rings (SSSR count). The molecule has 104 valence electrons. The smallest absolute Gasteiger partial charge is 0.379 e. The molecule has 0 aliphatic carbocycles. The molecule has 1 aliphatic rings. The molecule has 0 aromatic carbocycles. The highest BCUT2D eigenvalue weighted by atomic mass is 19.4. The van der Waals surface area contributed by atoms with Gasteiger partial charge in [0.05, 0.1) is 12.1 Å². The number of hydrogen-bond donors (Lipinski definition) is 1. The first-order valence-electron chi connectivity index (χ1n) is 5.82. The van der Waals surface area contributed by atoms with E-state index in [0.29, 0.717) is 0 Å². The lowest BCUT2D eigenvalue weighted by Gasteiger charge is -2.40. The molecule has 0 saturated carbocycles. The van der Waals surface area contributed by atoms with Crippen molar-refractivity contribution >= 4 is 5.91 Å².